The lowest BCUT2D eigenvalue weighted by atomic mass is 10.3. The van der Waals surface area contributed by atoms with E-state index in [-0.39, 0.29) is 16.8 Å². The zero-order valence-corrected chi connectivity index (χ0v) is 14.1. The Labute approximate surface area is 134 Å². The van der Waals surface area contributed by atoms with Gasteiger partial charge >= 0.3 is 0 Å². The van der Waals surface area contributed by atoms with Crippen molar-refractivity contribution in [3.63, 3.8) is 0 Å². The van der Waals surface area contributed by atoms with Gasteiger partial charge in [0.25, 0.3) is 15.0 Å². The van der Waals surface area contributed by atoms with Crippen LogP contribution in [0.25, 0.3) is 0 Å². The minimum Gasteiger partial charge on any atom is -0.480 e. The fraction of sp³-hybridized carbons (Fsp3) is 0.250. The minimum absolute atomic E-state index is 0.0159. The maximum absolute atomic E-state index is 13.7. The molecule has 1 aromatic rings. The molecular weight excluding hydrogens is 389 g/mol. The van der Waals surface area contributed by atoms with Crippen molar-refractivity contribution < 1.29 is 22.3 Å². The molecule has 1 rings (SSSR count). The monoisotopic (exact) mass is 399 g/mol. The van der Waals surface area contributed by atoms with Gasteiger partial charge in [0.15, 0.2) is 6.10 Å². The Bertz CT molecular complexity index is 665. The predicted molar refractivity (Wildman–Crippen MR) is 80.4 cm³/mol. The molecule has 0 aromatic heterocycles. The number of ether oxygens (including phenoxy) is 1. The highest BCUT2D eigenvalue weighted by Crippen LogP contribution is 2.32. The molecule has 9 heteroatoms. The van der Waals surface area contributed by atoms with Gasteiger partial charge in [0.2, 0.25) is 0 Å². The van der Waals surface area contributed by atoms with Crippen molar-refractivity contribution in [1.29, 1.82) is 0 Å². The third-order valence-corrected chi connectivity index (χ3v) is 4.30. The lowest BCUT2D eigenvalue weighted by Crippen LogP contribution is -2.36. The summed E-state index contributed by atoms with van der Waals surface area (Å²) < 4.78 is 41.5. The summed E-state index contributed by atoms with van der Waals surface area (Å²) in [5, 5.41) is 2.51. The van der Waals surface area contributed by atoms with E-state index in [2.05, 4.69) is 27.8 Å². The predicted octanol–water partition coefficient (Wildman–Crippen LogP) is 2.59. The summed E-state index contributed by atoms with van der Waals surface area (Å²) in [7, 11) is 0.890. The largest absolute Gasteiger partial charge is 0.480 e. The molecule has 1 amide bonds. The van der Waals surface area contributed by atoms with Gasteiger partial charge in [0.05, 0.1) is 4.47 Å². The van der Waals surface area contributed by atoms with Crippen LogP contribution in [-0.2, 0) is 13.8 Å². The Morgan fingerprint density at radius 3 is 2.76 bits per heavy atom. The summed E-state index contributed by atoms with van der Waals surface area (Å²) in [5.41, 5.74) is 0. The van der Waals surface area contributed by atoms with Gasteiger partial charge in [-0.25, -0.2) is 12.8 Å². The van der Waals surface area contributed by atoms with Crippen LogP contribution in [0, 0.1) is 5.82 Å². The first-order valence-corrected chi connectivity index (χ1v) is 8.76. The first-order valence-electron chi connectivity index (χ1n) is 5.65. The molecule has 5 nitrogen and oxygen atoms in total. The van der Waals surface area contributed by atoms with E-state index in [1.54, 1.807) is 0 Å². The normalized spacial score (nSPS) is 12.6. The zero-order valence-electron chi connectivity index (χ0n) is 10.9. The number of amides is 1. The third kappa shape index (κ3) is 4.98. The van der Waals surface area contributed by atoms with Gasteiger partial charge < -0.3 is 10.1 Å². The average molecular weight is 401 g/mol. The van der Waals surface area contributed by atoms with Crippen molar-refractivity contribution in [3.8, 4) is 5.75 Å². The molecule has 0 saturated heterocycles. The highest BCUT2D eigenvalue weighted by molar-refractivity contribution is 9.10. The maximum atomic E-state index is 13.7. The quantitative estimate of drug-likeness (QED) is 0.588. The Morgan fingerprint density at radius 2 is 2.24 bits per heavy atom. The number of rotatable bonds is 6. The third-order valence-electron chi connectivity index (χ3n) is 2.34. The fourth-order valence-corrected chi connectivity index (χ4v) is 2.84. The molecule has 1 atom stereocenters. The lowest BCUT2D eigenvalue weighted by molar-refractivity contribution is -0.127. The molecule has 0 aliphatic heterocycles. The molecule has 0 saturated carbocycles. The second kappa shape index (κ2) is 7.24. The lowest BCUT2D eigenvalue weighted by Gasteiger charge is -2.15. The van der Waals surface area contributed by atoms with Crippen molar-refractivity contribution in [2.45, 2.75) is 17.9 Å². The molecule has 21 heavy (non-hydrogen) atoms. The van der Waals surface area contributed by atoms with E-state index in [0.29, 0.717) is 0 Å². The number of nitrogens with one attached hydrogen (secondary N) is 1. The van der Waals surface area contributed by atoms with Crippen molar-refractivity contribution in [3.05, 3.63) is 35.1 Å². The first-order chi connectivity index (χ1) is 9.66. The Kier molecular flexibility index (Phi) is 6.18. The smallest absolute Gasteiger partial charge is 0.264 e. The van der Waals surface area contributed by atoms with E-state index in [9.17, 15) is 17.6 Å². The topological polar surface area (TPSA) is 72.5 Å². The van der Waals surface area contributed by atoms with Crippen LogP contribution in [0.4, 0.5) is 4.39 Å². The number of carbonyl (C=O) groups is 1. The summed E-state index contributed by atoms with van der Waals surface area (Å²) >= 11 is 3.04. The zero-order chi connectivity index (χ0) is 16.2. The molecular formula is C12H12BrClFNO4S. The second-order valence-electron chi connectivity index (χ2n) is 3.94. The molecule has 116 valence electrons. The number of benzene rings is 1. The molecule has 1 unspecified atom stereocenters. The molecule has 0 fully saturated rings. The number of hydrogen-bond donors (Lipinski definition) is 1. The van der Waals surface area contributed by atoms with Crippen LogP contribution >= 0.6 is 26.6 Å². The first kappa shape index (κ1) is 17.9. The van der Waals surface area contributed by atoms with E-state index in [1.807, 2.05) is 0 Å². The summed E-state index contributed by atoms with van der Waals surface area (Å²) in [5.74, 6) is -1.50. The summed E-state index contributed by atoms with van der Waals surface area (Å²) in [6.45, 7) is 5.19. The standard InChI is InChI=1S/C12H12BrClFNO4S/c1-3-4-16-12(17)7(2)20-10-6-9(15)11(5-8(10)13)21(14,18)19/h3,5-7H,1,4H2,2H3,(H,16,17). The van der Waals surface area contributed by atoms with Gasteiger partial charge in [0.1, 0.15) is 16.5 Å². The van der Waals surface area contributed by atoms with E-state index < -0.39 is 31.8 Å². The molecule has 0 aliphatic rings. The van der Waals surface area contributed by atoms with Crippen molar-refractivity contribution >= 4 is 41.6 Å². The van der Waals surface area contributed by atoms with Crippen LogP contribution in [0.2, 0.25) is 0 Å². The number of carbonyl (C=O) groups excluding carboxylic acids is 1. The van der Waals surface area contributed by atoms with Crippen LogP contribution in [0.3, 0.4) is 0 Å². The van der Waals surface area contributed by atoms with Crippen LogP contribution < -0.4 is 10.1 Å². The highest BCUT2D eigenvalue weighted by atomic mass is 79.9. The molecule has 0 aliphatic carbocycles. The van der Waals surface area contributed by atoms with Crippen LogP contribution in [0.1, 0.15) is 6.92 Å². The Hall–Kier alpha value is -1.12. The van der Waals surface area contributed by atoms with Gasteiger partial charge in [-0.3, -0.25) is 4.79 Å². The second-order valence-corrected chi connectivity index (χ2v) is 7.33. The Balaban J connectivity index is 2.98. The van der Waals surface area contributed by atoms with Crippen LogP contribution in [-0.4, -0.2) is 27.0 Å². The van der Waals surface area contributed by atoms with Gasteiger partial charge in [-0.15, -0.1) is 6.58 Å². The van der Waals surface area contributed by atoms with Crippen molar-refractivity contribution in [2.24, 2.45) is 0 Å². The van der Waals surface area contributed by atoms with E-state index in [1.165, 1.54) is 13.0 Å². The van der Waals surface area contributed by atoms with E-state index in [0.717, 1.165) is 12.1 Å². The molecule has 1 aromatic carbocycles. The number of halogens is 3. The SMILES string of the molecule is C=CCNC(=O)C(C)Oc1cc(F)c(S(=O)(=O)Cl)cc1Br. The summed E-state index contributed by atoms with van der Waals surface area (Å²) in [6, 6.07) is 1.82. The average Bonchev–Trinajstić information content (AvgIpc) is 2.38. The maximum Gasteiger partial charge on any atom is 0.264 e. The van der Waals surface area contributed by atoms with Crippen molar-refractivity contribution in [2.75, 3.05) is 6.54 Å². The molecule has 0 radical (unpaired) electrons. The van der Waals surface area contributed by atoms with Gasteiger partial charge in [-0.05, 0) is 28.9 Å². The van der Waals surface area contributed by atoms with Gasteiger partial charge in [-0.2, -0.15) is 0 Å². The highest BCUT2D eigenvalue weighted by Gasteiger charge is 2.21. The number of hydrogen-bond acceptors (Lipinski definition) is 4. The summed E-state index contributed by atoms with van der Waals surface area (Å²) in [6.07, 6.45) is 0.597. The van der Waals surface area contributed by atoms with Gasteiger partial charge in [-0.1, -0.05) is 6.08 Å². The molecule has 0 bridgehead atoms. The molecule has 0 spiro atoms. The van der Waals surface area contributed by atoms with E-state index in [4.69, 9.17) is 15.4 Å². The van der Waals surface area contributed by atoms with Crippen molar-refractivity contribution in [1.82, 2.24) is 5.32 Å². The van der Waals surface area contributed by atoms with Gasteiger partial charge in [0, 0.05) is 23.3 Å². The van der Waals surface area contributed by atoms with E-state index >= 15 is 0 Å². The minimum atomic E-state index is -4.21. The summed E-state index contributed by atoms with van der Waals surface area (Å²) in [4.78, 5) is 10.9. The van der Waals surface area contributed by atoms with Crippen LogP contribution in [0.15, 0.2) is 34.2 Å². The molecule has 1 N–H and O–H groups in total. The Morgan fingerprint density at radius 1 is 1.62 bits per heavy atom. The van der Waals surface area contributed by atoms with Crippen LogP contribution in [0.5, 0.6) is 5.75 Å². The molecule has 0 heterocycles. The fourth-order valence-electron chi connectivity index (χ4n) is 1.35.